The molecule has 0 aliphatic carbocycles. The smallest absolute Gasteiger partial charge is 0.222 e. The van der Waals surface area contributed by atoms with E-state index in [0.29, 0.717) is 12.3 Å². The van der Waals surface area contributed by atoms with Crippen molar-refractivity contribution in [2.24, 2.45) is 11.1 Å². The highest BCUT2D eigenvalue weighted by Crippen LogP contribution is 2.08. The molecule has 0 unspecified atom stereocenters. The Balaban J connectivity index is 2.34. The van der Waals surface area contributed by atoms with Crippen molar-refractivity contribution in [3.63, 3.8) is 0 Å². The van der Waals surface area contributed by atoms with Crippen LogP contribution in [0.5, 0.6) is 0 Å². The predicted molar refractivity (Wildman–Crippen MR) is 79.7 cm³/mol. The topological polar surface area (TPSA) is 83.7 Å². The Labute approximate surface area is 122 Å². The lowest BCUT2D eigenvalue weighted by molar-refractivity contribution is -0.131. The van der Waals surface area contributed by atoms with E-state index >= 15 is 0 Å². The molecule has 0 atom stereocenters. The maximum absolute atomic E-state index is 12.0. The molecule has 6 nitrogen and oxygen atoms in total. The number of nitrogens with two attached hydrogens (primary N) is 1. The van der Waals surface area contributed by atoms with Crippen molar-refractivity contribution < 1.29 is 13.2 Å². The van der Waals surface area contributed by atoms with Crippen molar-refractivity contribution in [1.82, 2.24) is 9.80 Å². The third kappa shape index (κ3) is 7.21. The van der Waals surface area contributed by atoms with Crippen LogP contribution in [0.25, 0.3) is 0 Å². The quantitative estimate of drug-likeness (QED) is 0.762. The second-order valence-electron chi connectivity index (χ2n) is 5.90. The van der Waals surface area contributed by atoms with Crippen LogP contribution in [-0.4, -0.2) is 62.6 Å². The molecule has 1 fully saturated rings. The minimum Gasteiger partial charge on any atom is -0.341 e. The Hall–Kier alpha value is -0.660. The zero-order chi connectivity index (χ0) is 15.2. The molecular weight excluding hydrogens is 278 g/mol. The summed E-state index contributed by atoms with van der Waals surface area (Å²) in [6.45, 7) is 8.89. The van der Waals surface area contributed by atoms with E-state index in [0.717, 1.165) is 39.1 Å². The van der Waals surface area contributed by atoms with E-state index < -0.39 is 10.0 Å². The minimum atomic E-state index is -3.46. The van der Waals surface area contributed by atoms with Crippen LogP contribution in [-0.2, 0) is 14.8 Å². The summed E-state index contributed by atoms with van der Waals surface area (Å²) in [7, 11) is -3.46. The number of hydrogen-bond acceptors (Lipinski definition) is 4. The first-order valence-electron chi connectivity index (χ1n) is 7.28. The lowest BCUT2D eigenvalue weighted by atomic mass is 10.2. The number of carbonyl (C=O) groups is 1. The molecule has 0 saturated carbocycles. The SMILES string of the molecule is CC(C)CN1CCCN(C(=O)CCCS(N)(=O)=O)CC1. The fraction of sp³-hybridized carbons (Fsp3) is 0.923. The number of sulfonamides is 1. The van der Waals surface area contributed by atoms with Gasteiger partial charge in [0.1, 0.15) is 0 Å². The van der Waals surface area contributed by atoms with E-state index in [4.69, 9.17) is 5.14 Å². The molecule has 0 aromatic rings. The van der Waals surface area contributed by atoms with Gasteiger partial charge in [0.15, 0.2) is 0 Å². The van der Waals surface area contributed by atoms with Crippen molar-refractivity contribution in [3.05, 3.63) is 0 Å². The molecular formula is C13H27N3O3S. The van der Waals surface area contributed by atoms with Gasteiger partial charge in [0, 0.05) is 32.6 Å². The van der Waals surface area contributed by atoms with E-state index in [1.807, 2.05) is 4.90 Å². The zero-order valence-corrected chi connectivity index (χ0v) is 13.4. The molecule has 1 rings (SSSR count). The van der Waals surface area contributed by atoms with E-state index in [-0.39, 0.29) is 18.1 Å². The molecule has 1 aliphatic rings. The van der Waals surface area contributed by atoms with Gasteiger partial charge in [0.2, 0.25) is 15.9 Å². The molecule has 0 radical (unpaired) electrons. The van der Waals surface area contributed by atoms with E-state index in [2.05, 4.69) is 18.7 Å². The summed E-state index contributed by atoms with van der Waals surface area (Å²) in [5, 5.41) is 4.93. The molecule has 7 heteroatoms. The monoisotopic (exact) mass is 305 g/mol. The first kappa shape index (κ1) is 17.4. The maximum atomic E-state index is 12.0. The van der Waals surface area contributed by atoms with Crippen LogP contribution in [0.4, 0.5) is 0 Å². The fourth-order valence-corrected chi connectivity index (χ4v) is 3.05. The van der Waals surface area contributed by atoms with Crippen LogP contribution in [0.2, 0.25) is 0 Å². The fourth-order valence-electron chi connectivity index (χ4n) is 2.50. The highest BCUT2D eigenvalue weighted by Gasteiger charge is 2.19. The summed E-state index contributed by atoms with van der Waals surface area (Å²) in [6.07, 6.45) is 1.55. The first-order valence-corrected chi connectivity index (χ1v) is 9.00. The van der Waals surface area contributed by atoms with Crippen molar-refractivity contribution in [1.29, 1.82) is 0 Å². The lowest BCUT2D eigenvalue weighted by Gasteiger charge is -2.23. The number of amides is 1. The van der Waals surface area contributed by atoms with Crippen LogP contribution in [0.15, 0.2) is 0 Å². The van der Waals surface area contributed by atoms with E-state index in [1.54, 1.807) is 0 Å². The third-order valence-electron chi connectivity index (χ3n) is 3.38. The van der Waals surface area contributed by atoms with Crippen LogP contribution in [0, 0.1) is 5.92 Å². The molecule has 118 valence electrons. The standard InChI is InChI=1S/C13H27N3O3S/c1-12(2)11-15-6-4-7-16(9-8-15)13(17)5-3-10-20(14,18)19/h12H,3-11H2,1-2H3,(H2,14,18,19). The van der Waals surface area contributed by atoms with Gasteiger partial charge >= 0.3 is 0 Å². The van der Waals surface area contributed by atoms with Gasteiger partial charge in [0.05, 0.1) is 5.75 Å². The summed E-state index contributed by atoms with van der Waals surface area (Å²) in [4.78, 5) is 16.3. The van der Waals surface area contributed by atoms with Gasteiger partial charge in [-0.15, -0.1) is 0 Å². The van der Waals surface area contributed by atoms with Crippen molar-refractivity contribution >= 4 is 15.9 Å². The molecule has 0 aromatic heterocycles. The van der Waals surface area contributed by atoms with Crippen molar-refractivity contribution in [2.45, 2.75) is 33.1 Å². The molecule has 1 aliphatic heterocycles. The number of carbonyl (C=O) groups excluding carboxylic acids is 1. The predicted octanol–water partition coefficient (Wildman–Crippen LogP) is 0.245. The van der Waals surface area contributed by atoms with Gasteiger partial charge < -0.3 is 9.80 Å². The molecule has 2 N–H and O–H groups in total. The molecule has 20 heavy (non-hydrogen) atoms. The molecule has 1 amide bonds. The summed E-state index contributed by atoms with van der Waals surface area (Å²) in [5.74, 6) is 0.554. The van der Waals surface area contributed by atoms with Gasteiger partial charge in [-0.05, 0) is 25.3 Å². The average molecular weight is 305 g/mol. The Morgan fingerprint density at radius 1 is 1.20 bits per heavy atom. The number of primary sulfonamides is 1. The van der Waals surface area contributed by atoms with Gasteiger partial charge in [-0.3, -0.25) is 4.79 Å². The molecule has 1 heterocycles. The second-order valence-corrected chi connectivity index (χ2v) is 7.63. The second kappa shape index (κ2) is 7.95. The van der Waals surface area contributed by atoms with Gasteiger partial charge in [-0.25, -0.2) is 13.6 Å². The Morgan fingerprint density at radius 3 is 2.50 bits per heavy atom. The largest absolute Gasteiger partial charge is 0.341 e. The third-order valence-corrected chi connectivity index (χ3v) is 4.24. The number of rotatable bonds is 6. The van der Waals surface area contributed by atoms with E-state index in [9.17, 15) is 13.2 Å². The Kier molecular flexibility index (Phi) is 6.91. The van der Waals surface area contributed by atoms with Gasteiger partial charge in [-0.2, -0.15) is 0 Å². The molecule has 0 bridgehead atoms. The summed E-state index contributed by atoms with van der Waals surface area (Å²) < 4.78 is 21.7. The lowest BCUT2D eigenvalue weighted by Crippen LogP contribution is -2.36. The highest BCUT2D eigenvalue weighted by molar-refractivity contribution is 7.89. The van der Waals surface area contributed by atoms with Gasteiger partial charge in [-0.1, -0.05) is 13.8 Å². The zero-order valence-electron chi connectivity index (χ0n) is 12.5. The van der Waals surface area contributed by atoms with Crippen LogP contribution >= 0.6 is 0 Å². The van der Waals surface area contributed by atoms with Crippen LogP contribution < -0.4 is 5.14 Å². The molecule has 1 saturated heterocycles. The van der Waals surface area contributed by atoms with Gasteiger partial charge in [0.25, 0.3) is 0 Å². The number of hydrogen-bond donors (Lipinski definition) is 1. The summed E-state index contributed by atoms with van der Waals surface area (Å²) in [6, 6.07) is 0. The normalized spacial score (nSPS) is 18.3. The van der Waals surface area contributed by atoms with Crippen molar-refractivity contribution in [3.8, 4) is 0 Å². The average Bonchev–Trinajstić information content (AvgIpc) is 2.52. The van der Waals surface area contributed by atoms with E-state index in [1.165, 1.54) is 0 Å². The van der Waals surface area contributed by atoms with Crippen LogP contribution in [0.3, 0.4) is 0 Å². The first-order chi connectivity index (χ1) is 9.28. The highest BCUT2D eigenvalue weighted by atomic mass is 32.2. The minimum absolute atomic E-state index is 0.0417. The molecule has 0 spiro atoms. The van der Waals surface area contributed by atoms with Crippen LogP contribution in [0.1, 0.15) is 33.1 Å². The Bertz CT molecular complexity index is 409. The number of nitrogens with zero attached hydrogens (tertiary/aromatic N) is 2. The van der Waals surface area contributed by atoms with Crippen molar-refractivity contribution in [2.75, 3.05) is 38.5 Å². The Morgan fingerprint density at radius 2 is 1.90 bits per heavy atom. The maximum Gasteiger partial charge on any atom is 0.222 e. The molecule has 0 aromatic carbocycles. The summed E-state index contributed by atoms with van der Waals surface area (Å²) >= 11 is 0. The summed E-state index contributed by atoms with van der Waals surface area (Å²) in [5.41, 5.74) is 0.